The number of methoxy groups -OCH3 is 1. The van der Waals surface area contributed by atoms with Crippen LogP contribution in [0.15, 0.2) is 66.7 Å². The molecular formula is C22H19F3N2O4. The van der Waals surface area contributed by atoms with Gasteiger partial charge >= 0.3 is 12.3 Å². The maximum absolute atomic E-state index is 12.3. The van der Waals surface area contributed by atoms with E-state index in [9.17, 15) is 23.1 Å². The molecule has 0 aliphatic carbocycles. The smallest absolute Gasteiger partial charge is 0.497 e. The molecule has 0 unspecified atom stereocenters. The Morgan fingerprint density at radius 3 is 2.00 bits per heavy atom. The van der Waals surface area contributed by atoms with Gasteiger partial charge < -0.3 is 24.8 Å². The lowest BCUT2D eigenvalue weighted by molar-refractivity contribution is -0.274. The molecule has 0 radical (unpaired) electrons. The average Bonchev–Trinajstić information content (AvgIpc) is 2.73. The number of nitrogens with zero attached hydrogens (tertiary/aromatic N) is 1. The van der Waals surface area contributed by atoms with Gasteiger partial charge in [0.1, 0.15) is 11.5 Å². The minimum Gasteiger partial charge on any atom is -0.497 e. The second kappa shape index (κ2) is 8.86. The van der Waals surface area contributed by atoms with Crippen LogP contribution < -0.4 is 19.7 Å². The highest BCUT2D eigenvalue weighted by Gasteiger charge is 2.31. The molecule has 0 aromatic heterocycles. The molecule has 0 saturated heterocycles. The van der Waals surface area contributed by atoms with E-state index < -0.39 is 12.3 Å². The van der Waals surface area contributed by atoms with Gasteiger partial charge in [0.05, 0.1) is 18.4 Å². The fourth-order valence-corrected chi connectivity index (χ4v) is 2.88. The SMILES string of the molecule is COc1ccc(Nc2ccc(N(C)c3ccc(OC(F)(F)F)cc3)cc2)c(C(=O)O)c1. The molecule has 0 saturated carbocycles. The predicted molar refractivity (Wildman–Crippen MR) is 111 cm³/mol. The Morgan fingerprint density at radius 2 is 1.48 bits per heavy atom. The van der Waals surface area contributed by atoms with Gasteiger partial charge in [-0.2, -0.15) is 0 Å². The lowest BCUT2D eigenvalue weighted by Crippen LogP contribution is -2.17. The first kappa shape index (κ1) is 21.8. The second-order valence-corrected chi connectivity index (χ2v) is 6.49. The summed E-state index contributed by atoms with van der Waals surface area (Å²) in [6.07, 6.45) is -4.74. The molecule has 6 nitrogen and oxygen atoms in total. The van der Waals surface area contributed by atoms with Crippen LogP contribution in [0.3, 0.4) is 0 Å². The summed E-state index contributed by atoms with van der Waals surface area (Å²) in [5, 5.41) is 12.5. The van der Waals surface area contributed by atoms with Crippen molar-refractivity contribution in [2.24, 2.45) is 0 Å². The topological polar surface area (TPSA) is 71.0 Å². The third kappa shape index (κ3) is 5.59. The summed E-state index contributed by atoms with van der Waals surface area (Å²) >= 11 is 0. The van der Waals surface area contributed by atoms with Crippen LogP contribution >= 0.6 is 0 Å². The summed E-state index contributed by atoms with van der Waals surface area (Å²) in [4.78, 5) is 13.3. The van der Waals surface area contributed by atoms with E-state index >= 15 is 0 Å². The Hall–Kier alpha value is -3.88. The van der Waals surface area contributed by atoms with Crippen LogP contribution in [-0.4, -0.2) is 31.6 Å². The van der Waals surface area contributed by atoms with E-state index in [4.69, 9.17) is 4.74 Å². The van der Waals surface area contributed by atoms with Gasteiger partial charge in [-0.15, -0.1) is 13.2 Å². The average molecular weight is 432 g/mol. The van der Waals surface area contributed by atoms with Crippen LogP contribution in [0.25, 0.3) is 0 Å². The predicted octanol–water partition coefficient (Wildman–Crippen LogP) is 5.80. The van der Waals surface area contributed by atoms with E-state index in [0.29, 0.717) is 22.8 Å². The molecule has 31 heavy (non-hydrogen) atoms. The zero-order valence-electron chi connectivity index (χ0n) is 16.6. The molecule has 3 rings (SSSR count). The molecule has 0 fully saturated rings. The van der Waals surface area contributed by atoms with Gasteiger partial charge in [-0.3, -0.25) is 0 Å². The monoisotopic (exact) mass is 432 g/mol. The Balaban J connectivity index is 1.74. The summed E-state index contributed by atoms with van der Waals surface area (Å²) in [6, 6.07) is 17.4. The number of carboxylic acid groups (broad SMARTS) is 1. The number of carboxylic acids is 1. The third-order valence-electron chi connectivity index (χ3n) is 4.45. The van der Waals surface area contributed by atoms with Crippen molar-refractivity contribution in [2.75, 3.05) is 24.4 Å². The first-order chi connectivity index (χ1) is 14.7. The zero-order chi connectivity index (χ0) is 22.6. The molecule has 0 heterocycles. The summed E-state index contributed by atoms with van der Waals surface area (Å²) in [5.74, 6) is -0.944. The lowest BCUT2D eigenvalue weighted by atomic mass is 10.1. The van der Waals surface area contributed by atoms with Crippen LogP contribution in [0.4, 0.5) is 35.9 Å². The molecule has 162 valence electrons. The minimum absolute atomic E-state index is 0.0710. The third-order valence-corrected chi connectivity index (χ3v) is 4.45. The van der Waals surface area contributed by atoms with Crippen molar-refractivity contribution in [2.45, 2.75) is 6.36 Å². The van der Waals surface area contributed by atoms with E-state index in [0.717, 1.165) is 5.69 Å². The first-order valence-corrected chi connectivity index (χ1v) is 9.04. The number of halogens is 3. The Labute approximate surface area is 176 Å². The van der Waals surface area contributed by atoms with Gasteiger partial charge in [-0.1, -0.05) is 0 Å². The van der Waals surface area contributed by atoms with Crippen molar-refractivity contribution in [3.05, 3.63) is 72.3 Å². The second-order valence-electron chi connectivity index (χ2n) is 6.49. The Kier molecular flexibility index (Phi) is 6.24. The van der Waals surface area contributed by atoms with Crippen molar-refractivity contribution in [1.82, 2.24) is 0 Å². The van der Waals surface area contributed by atoms with Crippen LogP contribution in [0.2, 0.25) is 0 Å². The largest absolute Gasteiger partial charge is 0.573 e. The Bertz CT molecular complexity index is 1050. The molecule has 3 aromatic carbocycles. The number of anilines is 4. The molecule has 0 amide bonds. The van der Waals surface area contributed by atoms with Crippen LogP contribution in [0.5, 0.6) is 11.5 Å². The highest BCUT2D eigenvalue weighted by atomic mass is 19.4. The number of aromatic carboxylic acids is 1. The van der Waals surface area contributed by atoms with E-state index in [-0.39, 0.29) is 11.3 Å². The van der Waals surface area contributed by atoms with Crippen LogP contribution in [0.1, 0.15) is 10.4 Å². The minimum atomic E-state index is -4.74. The summed E-state index contributed by atoms with van der Waals surface area (Å²) in [7, 11) is 3.23. The van der Waals surface area contributed by atoms with Gasteiger partial charge in [0.25, 0.3) is 0 Å². The fourth-order valence-electron chi connectivity index (χ4n) is 2.88. The molecule has 0 spiro atoms. The molecule has 0 bridgehead atoms. The first-order valence-electron chi connectivity index (χ1n) is 9.04. The number of hydrogen-bond donors (Lipinski definition) is 2. The number of ether oxygens (including phenoxy) is 2. The number of benzene rings is 3. The molecule has 2 N–H and O–H groups in total. The number of rotatable bonds is 7. The summed E-state index contributed by atoms with van der Waals surface area (Å²) in [6.45, 7) is 0. The van der Waals surface area contributed by atoms with Crippen LogP contribution in [0, 0.1) is 0 Å². The molecule has 9 heteroatoms. The Morgan fingerprint density at radius 1 is 0.935 bits per heavy atom. The number of carbonyl (C=O) groups is 1. The van der Waals surface area contributed by atoms with E-state index in [1.807, 2.05) is 0 Å². The zero-order valence-corrected chi connectivity index (χ0v) is 16.6. The highest BCUT2D eigenvalue weighted by Crippen LogP contribution is 2.30. The molecule has 0 atom stereocenters. The van der Waals surface area contributed by atoms with E-state index in [1.54, 1.807) is 48.3 Å². The number of alkyl halides is 3. The van der Waals surface area contributed by atoms with Gasteiger partial charge in [0.15, 0.2) is 0 Å². The normalized spacial score (nSPS) is 11.0. The highest BCUT2D eigenvalue weighted by molar-refractivity contribution is 5.95. The van der Waals surface area contributed by atoms with Crippen molar-refractivity contribution >= 4 is 28.7 Å². The molecule has 3 aromatic rings. The maximum atomic E-state index is 12.3. The van der Waals surface area contributed by atoms with Crippen molar-refractivity contribution in [3.63, 3.8) is 0 Å². The molecule has 0 aliphatic heterocycles. The van der Waals surface area contributed by atoms with Crippen molar-refractivity contribution in [3.8, 4) is 11.5 Å². The quantitative estimate of drug-likeness (QED) is 0.492. The van der Waals surface area contributed by atoms with Crippen LogP contribution in [-0.2, 0) is 0 Å². The lowest BCUT2D eigenvalue weighted by Gasteiger charge is -2.20. The molecular weight excluding hydrogens is 413 g/mol. The molecule has 0 aliphatic rings. The van der Waals surface area contributed by atoms with Gasteiger partial charge in [0.2, 0.25) is 0 Å². The van der Waals surface area contributed by atoms with Gasteiger partial charge in [-0.25, -0.2) is 4.79 Å². The van der Waals surface area contributed by atoms with Gasteiger partial charge in [0, 0.05) is 24.1 Å². The van der Waals surface area contributed by atoms with Crippen molar-refractivity contribution < 1.29 is 32.5 Å². The fraction of sp³-hybridized carbons (Fsp3) is 0.136. The van der Waals surface area contributed by atoms with E-state index in [2.05, 4.69) is 10.1 Å². The van der Waals surface area contributed by atoms with E-state index in [1.165, 1.54) is 37.4 Å². The van der Waals surface area contributed by atoms with Crippen molar-refractivity contribution in [1.29, 1.82) is 0 Å². The van der Waals surface area contributed by atoms with Gasteiger partial charge in [-0.05, 0) is 66.7 Å². The standard InChI is InChI=1S/C22H19F3N2O4/c1-27(16-7-9-17(10-8-16)31-22(23,24)25)15-5-3-14(4-6-15)26-20-12-11-18(30-2)13-19(20)21(28)29/h3-13,26H,1-2H3,(H,28,29). The summed E-state index contributed by atoms with van der Waals surface area (Å²) in [5.41, 5.74) is 2.59. The number of nitrogens with one attached hydrogen (secondary N) is 1. The maximum Gasteiger partial charge on any atom is 0.573 e. The number of hydrogen-bond acceptors (Lipinski definition) is 5. The summed E-state index contributed by atoms with van der Waals surface area (Å²) < 4.78 is 45.8.